The van der Waals surface area contributed by atoms with Gasteiger partial charge in [0.15, 0.2) is 0 Å². The molecule has 5 nitrogen and oxygen atoms in total. The summed E-state index contributed by atoms with van der Waals surface area (Å²) in [5.74, 6) is -0.257. The molecule has 6 heteroatoms. The molecule has 1 saturated heterocycles. The maximum absolute atomic E-state index is 12.4. The fourth-order valence-corrected chi connectivity index (χ4v) is 2.42. The predicted molar refractivity (Wildman–Crippen MR) is 76.9 cm³/mol. The van der Waals surface area contributed by atoms with Crippen molar-refractivity contribution >= 4 is 29.1 Å². The Morgan fingerprint density at radius 1 is 1.35 bits per heavy atom. The Balaban J connectivity index is 2.12. The summed E-state index contributed by atoms with van der Waals surface area (Å²) >= 11 is 5.84. The van der Waals surface area contributed by atoms with Crippen LogP contribution < -0.4 is 4.90 Å². The second kappa shape index (κ2) is 6.24. The van der Waals surface area contributed by atoms with Gasteiger partial charge < -0.3 is 14.5 Å². The monoisotopic (exact) mass is 296 g/mol. The number of methoxy groups -OCH3 is 1. The summed E-state index contributed by atoms with van der Waals surface area (Å²) in [7, 11) is 1.47. The second-order valence-electron chi connectivity index (χ2n) is 4.66. The van der Waals surface area contributed by atoms with Crippen LogP contribution in [0.3, 0.4) is 0 Å². The highest BCUT2D eigenvalue weighted by atomic mass is 35.5. The van der Waals surface area contributed by atoms with E-state index in [-0.39, 0.29) is 18.4 Å². The summed E-state index contributed by atoms with van der Waals surface area (Å²) in [6.45, 7) is 2.70. The molecule has 0 N–H and O–H groups in total. The number of nitrogens with zero attached hydrogens (tertiary/aromatic N) is 2. The number of piperazine rings is 1. The van der Waals surface area contributed by atoms with Crippen molar-refractivity contribution in [3.05, 3.63) is 29.3 Å². The van der Waals surface area contributed by atoms with Gasteiger partial charge in [-0.3, -0.25) is 9.59 Å². The van der Waals surface area contributed by atoms with Gasteiger partial charge in [-0.05, 0) is 31.2 Å². The zero-order valence-electron chi connectivity index (χ0n) is 11.5. The molecule has 1 heterocycles. The number of halogens is 1. The largest absolute Gasteiger partial charge is 0.375 e. The standard InChI is InChI=1S/C14H17ClN2O3/c1-10-14(19)17(12-5-3-11(15)4-6-12)8-7-16(10)13(18)9-20-2/h3-6,10H,7-9H2,1-2H3/t10-/m1/s1. The minimum absolute atomic E-state index is 0.00142. The lowest BCUT2D eigenvalue weighted by Crippen LogP contribution is -2.58. The zero-order chi connectivity index (χ0) is 14.7. The van der Waals surface area contributed by atoms with Gasteiger partial charge in [0.25, 0.3) is 0 Å². The van der Waals surface area contributed by atoms with Gasteiger partial charge in [0, 0.05) is 30.9 Å². The lowest BCUT2D eigenvalue weighted by Gasteiger charge is -2.39. The number of benzene rings is 1. The van der Waals surface area contributed by atoms with E-state index >= 15 is 0 Å². The summed E-state index contributed by atoms with van der Waals surface area (Å²) in [6.07, 6.45) is 0. The van der Waals surface area contributed by atoms with Crippen LogP contribution in [0.2, 0.25) is 5.02 Å². The number of rotatable bonds is 3. The minimum atomic E-state index is -0.484. The van der Waals surface area contributed by atoms with Crippen molar-refractivity contribution in [2.24, 2.45) is 0 Å². The molecule has 1 fully saturated rings. The van der Waals surface area contributed by atoms with Crippen LogP contribution in [0.15, 0.2) is 24.3 Å². The van der Waals surface area contributed by atoms with Gasteiger partial charge in [-0.25, -0.2) is 0 Å². The maximum atomic E-state index is 12.4. The van der Waals surface area contributed by atoms with Crippen LogP contribution in [0.25, 0.3) is 0 Å². The van der Waals surface area contributed by atoms with E-state index in [0.29, 0.717) is 18.1 Å². The van der Waals surface area contributed by atoms with Crippen molar-refractivity contribution in [1.29, 1.82) is 0 Å². The number of hydrogen-bond donors (Lipinski definition) is 0. The van der Waals surface area contributed by atoms with E-state index in [1.807, 2.05) is 0 Å². The average molecular weight is 297 g/mol. The number of carbonyl (C=O) groups is 2. The summed E-state index contributed by atoms with van der Waals surface area (Å²) in [5.41, 5.74) is 0.796. The van der Waals surface area contributed by atoms with Crippen molar-refractivity contribution in [3.63, 3.8) is 0 Å². The summed E-state index contributed by atoms with van der Waals surface area (Å²) < 4.78 is 4.83. The van der Waals surface area contributed by atoms with Crippen molar-refractivity contribution in [3.8, 4) is 0 Å². The highest BCUT2D eigenvalue weighted by molar-refractivity contribution is 6.30. The van der Waals surface area contributed by atoms with E-state index in [4.69, 9.17) is 16.3 Å². The topological polar surface area (TPSA) is 49.9 Å². The van der Waals surface area contributed by atoms with Crippen LogP contribution in [0.5, 0.6) is 0 Å². The summed E-state index contributed by atoms with van der Waals surface area (Å²) in [5, 5.41) is 0.628. The first-order valence-electron chi connectivity index (χ1n) is 6.40. The first kappa shape index (κ1) is 14.8. The smallest absolute Gasteiger partial charge is 0.249 e. The zero-order valence-corrected chi connectivity index (χ0v) is 12.3. The number of amides is 2. The third-order valence-electron chi connectivity index (χ3n) is 3.38. The highest BCUT2D eigenvalue weighted by Crippen LogP contribution is 2.22. The fraction of sp³-hybridized carbons (Fsp3) is 0.429. The Kier molecular flexibility index (Phi) is 4.62. The first-order chi connectivity index (χ1) is 9.54. The molecular weight excluding hydrogens is 280 g/mol. The summed E-state index contributed by atoms with van der Waals surface area (Å²) in [6, 6.07) is 6.62. The lowest BCUT2D eigenvalue weighted by molar-refractivity contribution is -0.143. The molecule has 0 unspecified atom stereocenters. The molecule has 108 valence electrons. The fourth-order valence-electron chi connectivity index (χ4n) is 2.29. The van der Waals surface area contributed by atoms with Gasteiger partial charge in [0.05, 0.1) is 0 Å². The van der Waals surface area contributed by atoms with Crippen LogP contribution in [-0.4, -0.2) is 49.6 Å². The number of hydrogen-bond acceptors (Lipinski definition) is 3. The minimum Gasteiger partial charge on any atom is -0.375 e. The van der Waals surface area contributed by atoms with Crippen molar-refractivity contribution < 1.29 is 14.3 Å². The molecule has 0 aromatic heterocycles. The van der Waals surface area contributed by atoms with Gasteiger partial charge in [-0.1, -0.05) is 11.6 Å². The SMILES string of the molecule is COCC(=O)N1CCN(c2ccc(Cl)cc2)C(=O)[C@H]1C. The summed E-state index contributed by atoms with van der Waals surface area (Å²) in [4.78, 5) is 27.5. The first-order valence-corrected chi connectivity index (χ1v) is 6.77. The molecule has 0 spiro atoms. The van der Waals surface area contributed by atoms with Crippen LogP contribution in [0.4, 0.5) is 5.69 Å². The highest BCUT2D eigenvalue weighted by Gasteiger charge is 2.34. The van der Waals surface area contributed by atoms with Gasteiger partial charge in [-0.15, -0.1) is 0 Å². The molecule has 1 aliphatic heterocycles. The van der Waals surface area contributed by atoms with Crippen molar-refractivity contribution in [2.75, 3.05) is 31.7 Å². The van der Waals surface area contributed by atoms with Gasteiger partial charge >= 0.3 is 0 Å². The Bertz CT molecular complexity index is 504. The van der Waals surface area contributed by atoms with Gasteiger partial charge in [-0.2, -0.15) is 0 Å². The van der Waals surface area contributed by atoms with Crippen molar-refractivity contribution in [2.45, 2.75) is 13.0 Å². The van der Waals surface area contributed by atoms with Crippen LogP contribution in [-0.2, 0) is 14.3 Å². The third-order valence-corrected chi connectivity index (χ3v) is 3.63. The molecule has 0 saturated carbocycles. The van der Waals surface area contributed by atoms with E-state index in [0.717, 1.165) is 5.69 Å². The van der Waals surface area contributed by atoms with E-state index in [1.165, 1.54) is 7.11 Å². The molecule has 2 rings (SSSR count). The van der Waals surface area contributed by atoms with Crippen LogP contribution >= 0.6 is 11.6 Å². The molecular formula is C14H17ClN2O3. The van der Waals surface area contributed by atoms with E-state index in [9.17, 15) is 9.59 Å². The molecule has 1 aromatic carbocycles. The molecule has 1 aliphatic rings. The molecule has 1 aromatic rings. The molecule has 20 heavy (non-hydrogen) atoms. The molecule has 1 atom stereocenters. The van der Waals surface area contributed by atoms with Crippen LogP contribution in [0.1, 0.15) is 6.92 Å². The number of anilines is 1. The quantitative estimate of drug-likeness (QED) is 0.850. The Hall–Kier alpha value is -1.59. The Labute approximate surface area is 123 Å². The van der Waals surface area contributed by atoms with Crippen molar-refractivity contribution in [1.82, 2.24) is 4.90 Å². The maximum Gasteiger partial charge on any atom is 0.249 e. The Morgan fingerprint density at radius 2 is 2.00 bits per heavy atom. The van der Waals surface area contributed by atoms with Gasteiger partial charge in [0.2, 0.25) is 11.8 Å². The lowest BCUT2D eigenvalue weighted by atomic mass is 10.1. The molecule has 0 aliphatic carbocycles. The number of carbonyl (C=O) groups excluding carboxylic acids is 2. The van der Waals surface area contributed by atoms with E-state index in [2.05, 4.69) is 0 Å². The third kappa shape index (κ3) is 2.94. The molecule has 0 bridgehead atoms. The molecule has 0 radical (unpaired) electrons. The Morgan fingerprint density at radius 3 is 2.60 bits per heavy atom. The van der Waals surface area contributed by atoms with E-state index < -0.39 is 6.04 Å². The average Bonchev–Trinajstić information content (AvgIpc) is 2.43. The normalized spacial score (nSPS) is 19.4. The van der Waals surface area contributed by atoms with Gasteiger partial charge in [0.1, 0.15) is 12.6 Å². The van der Waals surface area contributed by atoms with Crippen LogP contribution in [0, 0.1) is 0 Å². The molecule has 2 amide bonds. The number of ether oxygens (including phenoxy) is 1. The second-order valence-corrected chi connectivity index (χ2v) is 5.10. The van der Waals surface area contributed by atoms with E-state index in [1.54, 1.807) is 41.0 Å². The predicted octanol–water partition coefficient (Wildman–Crippen LogP) is 1.55.